The fourth-order valence-corrected chi connectivity index (χ4v) is 2.31. The lowest BCUT2D eigenvalue weighted by atomic mass is 10.2. The first-order chi connectivity index (χ1) is 13.1. The first-order valence-electron chi connectivity index (χ1n) is 8.08. The van der Waals surface area contributed by atoms with E-state index >= 15 is 0 Å². The molecule has 0 atom stereocenters. The van der Waals surface area contributed by atoms with Crippen LogP contribution in [0.25, 0.3) is 0 Å². The number of hydrazone groups is 1. The SMILES string of the molecule is COc1ccc(OCc2ccc(/C=N/NC(=O)c3ccc(Cl)cc3)o2)cc1. The molecule has 6 nitrogen and oxygen atoms in total. The maximum Gasteiger partial charge on any atom is 0.271 e. The summed E-state index contributed by atoms with van der Waals surface area (Å²) in [6.07, 6.45) is 1.42. The third-order valence-corrected chi connectivity index (χ3v) is 3.84. The summed E-state index contributed by atoms with van der Waals surface area (Å²) in [7, 11) is 1.61. The van der Waals surface area contributed by atoms with Gasteiger partial charge in [0, 0.05) is 10.6 Å². The van der Waals surface area contributed by atoms with Crippen molar-refractivity contribution in [3.8, 4) is 11.5 Å². The summed E-state index contributed by atoms with van der Waals surface area (Å²) in [4.78, 5) is 11.9. The Kier molecular flexibility index (Phi) is 6.12. The van der Waals surface area contributed by atoms with E-state index in [1.807, 2.05) is 24.3 Å². The van der Waals surface area contributed by atoms with Gasteiger partial charge in [0.25, 0.3) is 5.91 Å². The molecular weight excluding hydrogens is 368 g/mol. The predicted molar refractivity (Wildman–Crippen MR) is 103 cm³/mol. The van der Waals surface area contributed by atoms with Crippen LogP contribution in [-0.2, 0) is 6.61 Å². The minimum Gasteiger partial charge on any atom is -0.497 e. The molecule has 0 unspecified atom stereocenters. The van der Waals surface area contributed by atoms with Gasteiger partial charge in [-0.2, -0.15) is 5.10 Å². The lowest BCUT2D eigenvalue weighted by molar-refractivity contribution is 0.0955. The van der Waals surface area contributed by atoms with Gasteiger partial charge in [-0.3, -0.25) is 4.79 Å². The van der Waals surface area contributed by atoms with Crippen LogP contribution in [0.1, 0.15) is 21.9 Å². The molecule has 0 fully saturated rings. The maximum atomic E-state index is 11.9. The van der Waals surface area contributed by atoms with Gasteiger partial charge >= 0.3 is 0 Å². The molecule has 3 aromatic rings. The van der Waals surface area contributed by atoms with Crippen LogP contribution < -0.4 is 14.9 Å². The number of nitrogens with one attached hydrogen (secondary N) is 1. The third-order valence-electron chi connectivity index (χ3n) is 3.59. The van der Waals surface area contributed by atoms with Crippen molar-refractivity contribution in [2.45, 2.75) is 6.61 Å². The number of nitrogens with zero attached hydrogens (tertiary/aromatic N) is 1. The quantitative estimate of drug-likeness (QED) is 0.487. The van der Waals surface area contributed by atoms with Crippen molar-refractivity contribution < 1.29 is 18.7 Å². The topological polar surface area (TPSA) is 73.1 Å². The molecule has 0 aliphatic rings. The molecule has 0 aliphatic heterocycles. The van der Waals surface area contributed by atoms with Gasteiger partial charge in [-0.1, -0.05) is 11.6 Å². The van der Waals surface area contributed by atoms with Gasteiger partial charge in [-0.15, -0.1) is 0 Å². The smallest absolute Gasteiger partial charge is 0.271 e. The second kappa shape index (κ2) is 8.91. The van der Waals surface area contributed by atoms with Gasteiger partial charge in [0.2, 0.25) is 0 Å². The summed E-state index contributed by atoms with van der Waals surface area (Å²) in [6.45, 7) is 0.275. The van der Waals surface area contributed by atoms with Gasteiger partial charge in [-0.25, -0.2) is 5.43 Å². The normalized spacial score (nSPS) is 10.7. The molecule has 7 heteroatoms. The Morgan fingerprint density at radius 2 is 1.78 bits per heavy atom. The number of carbonyl (C=O) groups excluding carboxylic acids is 1. The summed E-state index contributed by atoms with van der Waals surface area (Å²) >= 11 is 5.79. The molecule has 1 aromatic heterocycles. The molecule has 2 aromatic carbocycles. The first-order valence-corrected chi connectivity index (χ1v) is 8.46. The van der Waals surface area contributed by atoms with E-state index in [0.717, 1.165) is 5.75 Å². The highest BCUT2D eigenvalue weighted by Gasteiger charge is 2.05. The van der Waals surface area contributed by atoms with Gasteiger partial charge in [-0.05, 0) is 60.7 Å². The number of amides is 1. The molecule has 1 heterocycles. The maximum absolute atomic E-state index is 11.9. The van der Waals surface area contributed by atoms with Crippen molar-refractivity contribution in [2.24, 2.45) is 5.10 Å². The molecular formula is C20H17ClN2O4. The van der Waals surface area contributed by atoms with Crippen molar-refractivity contribution in [3.63, 3.8) is 0 Å². The monoisotopic (exact) mass is 384 g/mol. The van der Waals surface area contributed by atoms with Gasteiger partial charge in [0.1, 0.15) is 29.6 Å². The fourth-order valence-electron chi connectivity index (χ4n) is 2.19. The largest absolute Gasteiger partial charge is 0.497 e. The summed E-state index contributed by atoms with van der Waals surface area (Å²) in [6, 6.07) is 17.3. The standard InChI is InChI=1S/C20H17ClN2O4/c1-25-16-6-8-17(9-7-16)26-13-19-11-10-18(27-19)12-22-23-20(24)14-2-4-15(21)5-3-14/h2-12H,13H2,1H3,(H,23,24)/b22-12+. The molecule has 0 saturated carbocycles. The van der Waals surface area contributed by atoms with Crippen LogP contribution in [0.2, 0.25) is 5.02 Å². The number of methoxy groups -OCH3 is 1. The Hall–Kier alpha value is -3.25. The van der Waals surface area contributed by atoms with E-state index in [9.17, 15) is 4.79 Å². The van der Waals surface area contributed by atoms with Gasteiger partial charge in [0.05, 0.1) is 13.3 Å². The van der Waals surface area contributed by atoms with Crippen LogP contribution in [-0.4, -0.2) is 19.2 Å². The Labute approximate surface area is 161 Å². The van der Waals surface area contributed by atoms with Crippen LogP contribution in [0.5, 0.6) is 11.5 Å². The number of hydrogen-bond donors (Lipinski definition) is 1. The average molecular weight is 385 g/mol. The number of benzene rings is 2. The molecule has 27 heavy (non-hydrogen) atoms. The van der Waals surface area contributed by atoms with Gasteiger partial charge < -0.3 is 13.9 Å². The van der Waals surface area contributed by atoms with Crippen molar-refractivity contribution in [1.82, 2.24) is 5.43 Å². The van der Waals surface area contributed by atoms with E-state index in [4.69, 9.17) is 25.5 Å². The number of hydrogen-bond acceptors (Lipinski definition) is 5. The average Bonchev–Trinajstić information content (AvgIpc) is 3.15. The Balaban J connectivity index is 1.50. The van der Waals surface area contributed by atoms with E-state index in [2.05, 4.69) is 10.5 Å². The van der Waals surface area contributed by atoms with E-state index in [1.165, 1.54) is 6.21 Å². The summed E-state index contributed by atoms with van der Waals surface area (Å²) in [5, 5.41) is 4.45. The van der Waals surface area contributed by atoms with Crippen molar-refractivity contribution in [2.75, 3.05) is 7.11 Å². The second-order valence-electron chi connectivity index (χ2n) is 5.47. The molecule has 0 aliphatic carbocycles. The number of halogens is 1. The molecule has 0 spiro atoms. The highest BCUT2D eigenvalue weighted by atomic mass is 35.5. The zero-order chi connectivity index (χ0) is 19.1. The minimum absolute atomic E-state index is 0.275. The number of furan rings is 1. The second-order valence-corrected chi connectivity index (χ2v) is 5.91. The third kappa shape index (κ3) is 5.36. The fraction of sp³-hybridized carbons (Fsp3) is 0.100. The molecule has 3 rings (SSSR count). The molecule has 138 valence electrons. The molecule has 0 radical (unpaired) electrons. The van der Waals surface area contributed by atoms with Crippen LogP contribution in [0.15, 0.2) is 70.2 Å². The van der Waals surface area contributed by atoms with Crippen molar-refractivity contribution >= 4 is 23.7 Å². The van der Waals surface area contributed by atoms with Gasteiger partial charge in [0.15, 0.2) is 0 Å². The zero-order valence-corrected chi connectivity index (χ0v) is 15.3. The lowest BCUT2D eigenvalue weighted by Crippen LogP contribution is -2.17. The Morgan fingerprint density at radius 1 is 1.07 bits per heavy atom. The molecule has 0 saturated heterocycles. The first kappa shape index (κ1) is 18.5. The lowest BCUT2D eigenvalue weighted by Gasteiger charge is -2.05. The van der Waals surface area contributed by atoms with Crippen molar-refractivity contribution in [3.05, 3.63) is 82.8 Å². The number of carbonyl (C=O) groups is 1. The highest BCUT2D eigenvalue weighted by molar-refractivity contribution is 6.30. The van der Waals surface area contributed by atoms with Crippen molar-refractivity contribution in [1.29, 1.82) is 0 Å². The Morgan fingerprint density at radius 3 is 2.48 bits per heavy atom. The summed E-state index contributed by atoms with van der Waals surface area (Å²) in [5.41, 5.74) is 2.89. The van der Waals surface area contributed by atoms with E-state index in [1.54, 1.807) is 43.5 Å². The van der Waals surface area contributed by atoms with E-state index < -0.39 is 0 Å². The molecule has 1 N–H and O–H groups in total. The molecule has 1 amide bonds. The zero-order valence-electron chi connectivity index (χ0n) is 14.5. The van der Waals surface area contributed by atoms with Crippen LogP contribution in [0.4, 0.5) is 0 Å². The van der Waals surface area contributed by atoms with Crippen LogP contribution in [0.3, 0.4) is 0 Å². The molecule has 0 bridgehead atoms. The number of rotatable bonds is 7. The van der Waals surface area contributed by atoms with Crippen LogP contribution in [0, 0.1) is 0 Å². The van der Waals surface area contributed by atoms with E-state index in [-0.39, 0.29) is 12.5 Å². The Bertz CT molecular complexity index is 918. The minimum atomic E-state index is -0.336. The summed E-state index contributed by atoms with van der Waals surface area (Å²) in [5.74, 6) is 2.27. The van der Waals surface area contributed by atoms with Crippen LogP contribution >= 0.6 is 11.6 Å². The van der Waals surface area contributed by atoms with E-state index in [0.29, 0.717) is 27.9 Å². The predicted octanol–water partition coefficient (Wildman–Crippen LogP) is 4.28. The number of ether oxygens (including phenoxy) is 2. The summed E-state index contributed by atoms with van der Waals surface area (Å²) < 4.78 is 16.3. The highest BCUT2D eigenvalue weighted by Crippen LogP contribution is 2.18.